The number of nitrogens with zero attached hydrogens (tertiary/aromatic N) is 5. The van der Waals surface area contributed by atoms with Crippen molar-refractivity contribution in [3.8, 4) is 6.07 Å². The molecule has 0 N–H and O–H groups in total. The molecule has 1 aliphatic rings. The van der Waals surface area contributed by atoms with Crippen molar-refractivity contribution in [2.24, 2.45) is 0 Å². The van der Waals surface area contributed by atoms with Crippen molar-refractivity contribution in [1.29, 1.82) is 5.26 Å². The zero-order valence-electron chi connectivity index (χ0n) is 18.0. The predicted octanol–water partition coefficient (Wildman–Crippen LogP) is 3.90. The van der Waals surface area contributed by atoms with Gasteiger partial charge in [0.1, 0.15) is 6.07 Å². The molecule has 33 heavy (non-hydrogen) atoms. The maximum atomic E-state index is 12.8. The molecule has 1 aromatic heterocycles. The van der Waals surface area contributed by atoms with Gasteiger partial charge in [-0.25, -0.2) is 0 Å². The Labute approximate surface area is 190 Å². The van der Waals surface area contributed by atoms with Gasteiger partial charge in [0, 0.05) is 50.0 Å². The van der Waals surface area contributed by atoms with Gasteiger partial charge in [0.25, 0.3) is 11.6 Å². The lowest BCUT2D eigenvalue weighted by Gasteiger charge is -2.34. The third-order valence-corrected chi connectivity index (χ3v) is 5.48. The first-order valence-corrected chi connectivity index (χ1v) is 10.4. The monoisotopic (exact) mass is 443 g/mol. The van der Waals surface area contributed by atoms with E-state index in [4.69, 9.17) is 4.42 Å². The topological polar surface area (TPSA) is 117 Å². The minimum Gasteiger partial charge on any atom is -0.420 e. The Bertz CT molecular complexity index is 1250. The Morgan fingerprint density at radius 1 is 1.12 bits per heavy atom. The highest BCUT2D eigenvalue weighted by Gasteiger charge is 2.27. The third kappa shape index (κ3) is 4.75. The largest absolute Gasteiger partial charge is 0.420 e. The van der Waals surface area contributed by atoms with E-state index in [1.807, 2.05) is 36.1 Å². The molecule has 1 saturated heterocycles. The summed E-state index contributed by atoms with van der Waals surface area (Å²) in [6.45, 7) is 3.97. The molecule has 1 amide bonds. The van der Waals surface area contributed by atoms with E-state index in [0.717, 1.165) is 11.1 Å². The van der Waals surface area contributed by atoms with E-state index in [0.29, 0.717) is 37.6 Å². The lowest BCUT2D eigenvalue weighted by molar-refractivity contribution is -0.384. The molecule has 1 fully saturated rings. The number of nitro benzene ring substituents is 1. The van der Waals surface area contributed by atoms with Crippen molar-refractivity contribution < 1.29 is 14.1 Å². The lowest BCUT2D eigenvalue weighted by atomic mass is 10.1. The molecule has 1 aliphatic heterocycles. The molecule has 0 atom stereocenters. The van der Waals surface area contributed by atoms with E-state index in [2.05, 4.69) is 11.1 Å². The van der Waals surface area contributed by atoms with Gasteiger partial charge in [-0.3, -0.25) is 14.9 Å². The van der Waals surface area contributed by atoms with Crippen molar-refractivity contribution in [2.45, 2.75) is 6.92 Å². The first-order valence-electron chi connectivity index (χ1n) is 10.4. The maximum Gasteiger partial charge on any atom is 0.269 e. The quantitative estimate of drug-likeness (QED) is 0.434. The number of aryl methyl sites for hydroxylation is 1. The highest BCUT2D eigenvalue weighted by atomic mass is 16.6. The van der Waals surface area contributed by atoms with Gasteiger partial charge in [0.05, 0.1) is 4.92 Å². The molecule has 0 aliphatic carbocycles. The van der Waals surface area contributed by atoms with Crippen molar-refractivity contribution >= 4 is 29.6 Å². The Hall–Kier alpha value is -4.45. The highest BCUT2D eigenvalue weighted by Crippen LogP contribution is 2.25. The van der Waals surface area contributed by atoms with Crippen molar-refractivity contribution in [3.63, 3.8) is 0 Å². The zero-order chi connectivity index (χ0) is 23.4. The van der Waals surface area contributed by atoms with Gasteiger partial charge < -0.3 is 14.2 Å². The highest BCUT2D eigenvalue weighted by molar-refractivity contribution is 5.95. The van der Waals surface area contributed by atoms with E-state index >= 15 is 0 Å². The van der Waals surface area contributed by atoms with Gasteiger partial charge in [-0.15, -0.1) is 0 Å². The number of oxazole rings is 1. The summed E-state index contributed by atoms with van der Waals surface area (Å²) < 4.78 is 5.82. The van der Waals surface area contributed by atoms with Crippen LogP contribution in [0.3, 0.4) is 0 Å². The molecule has 0 radical (unpaired) electrons. The molecule has 4 rings (SSSR count). The van der Waals surface area contributed by atoms with Gasteiger partial charge in [0.2, 0.25) is 17.5 Å². The van der Waals surface area contributed by atoms with E-state index < -0.39 is 4.92 Å². The summed E-state index contributed by atoms with van der Waals surface area (Å²) in [7, 11) is 0. The molecular formula is C24H21N5O4. The van der Waals surface area contributed by atoms with Crippen LogP contribution < -0.4 is 4.90 Å². The predicted molar refractivity (Wildman–Crippen MR) is 123 cm³/mol. The number of piperazine rings is 1. The number of nitriles is 1. The molecule has 2 heterocycles. The van der Waals surface area contributed by atoms with E-state index in [1.54, 1.807) is 29.2 Å². The fourth-order valence-electron chi connectivity index (χ4n) is 3.66. The molecule has 9 heteroatoms. The van der Waals surface area contributed by atoms with Crippen molar-refractivity contribution in [2.75, 3.05) is 31.1 Å². The van der Waals surface area contributed by atoms with Crippen LogP contribution in [0, 0.1) is 28.4 Å². The maximum absolute atomic E-state index is 12.8. The zero-order valence-corrected chi connectivity index (χ0v) is 18.0. The number of amides is 1. The number of hydrogen-bond acceptors (Lipinski definition) is 7. The molecule has 3 aromatic rings. The Balaban J connectivity index is 1.44. The number of hydrogen-bond donors (Lipinski definition) is 0. The van der Waals surface area contributed by atoms with Gasteiger partial charge >= 0.3 is 0 Å². The van der Waals surface area contributed by atoms with Gasteiger partial charge in [0.15, 0.2) is 0 Å². The fourth-order valence-corrected chi connectivity index (χ4v) is 3.66. The molecule has 2 aromatic carbocycles. The van der Waals surface area contributed by atoms with Crippen molar-refractivity contribution in [1.82, 2.24) is 9.88 Å². The van der Waals surface area contributed by atoms with Gasteiger partial charge in [-0.2, -0.15) is 10.2 Å². The normalized spacial score (nSPS) is 13.8. The number of carbonyl (C=O) groups is 1. The van der Waals surface area contributed by atoms with Crippen LogP contribution in [-0.4, -0.2) is 46.9 Å². The molecule has 0 saturated carbocycles. The summed E-state index contributed by atoms with van der Waals surface area (Å²) in [5, 5.41) is 20.3. The number of anilines is 1. The third-order valence-electron chi connectivity index (χ3n) is 5.48. The summed E-state index contributed by atoms with van der Waals surface area (Å²) in [6, 6.07) is 15.6. The number of non-ortho nitro benzene ring substituents is 1. The van der Waals surface area contributed by atoms with Crippen LogP contribution >= 0.6 is 0 Å². The Morgan fingerprint density at radius 2 is 1.82 bits per heavy atom. The van der Waals surface area contributed by atoms with Crippen LogP contribution in [0.15, 0.2) is 52.9 Å². The summed E-state index contributed by atoms with van der Waals surface area (Å²) in [5.41, 5.74) is 2.56. The average molecular weight is 443 g/mol. The van der Waals surface area contributed by atoms with Crippen LogP contribution in [0.2, 0.25) is 0 Å². The second-order valence-electron chi connectivity index (χ2n) is 7.59. The summed E-state index contributed by atoms with van der Waals surface area (Å²) in [5.74, 6) is 0.639. The van der Waals surface area contributed by atoms with E-state index in [1.165, 1.54) is 12.1 Å². The SMILES string of the molecule is Cc1ccccc1C(=O)N1CCN(c2oc(/C=C/c3ccc([N+](=O)[O-])cc3)nc2C#N)CC1. The van der Waals surface area contributed by atoms with Crippen LogP contribution in [0.25, 0.3) is 12.2 Å². The van der Waals surface area contributed by atoms with Crippen LogP contribution in [0.1, 0.15) is 33.1 Å². The van der Waals surface area contributed by atoms with E-state index in [-0.39, 0.29) is 23.2 Å². The average Bonchev–Trinajstić information content (AvgIpc) is 3.26. The first-order chi connectivity index (χ1) is 16.0. The number of nitro groups is 1. The summed E-state index contributed by atoms with van der Waals surface area (Å²) >= 11 is 0. The van der Waals surface area contributed by atoms with E-state index in [9.17, 15) is 20.2 Å². The number of rotatable bonds is 5. The summed E-state index contributed by atoms with van der Waals surface area (Å²) in [6.07, 6.45) is 3.32. The fraction of sp³-hybridized carbons (Fsp3) is 0.208. The number of benzene rings is 2. The van der Waals surface area contributed by atoms with Crippen molar-refractivity contribution in [3.05, 3.63) is 86.9 Å². The lowest BCUT2D eigenvalue weighted by Crippen LogP contribution is -2.49. The minimum atomic E-state index is -0.457. The smallest absolute Gasteiger partial charge is 0.269 e. The first kappa shape index (κ1) is 21.8. The number of aromatic nitrogens is 1. The van der Waals surface area contributed by atoms with Crippen LogP contribution in [0.5, 0.6) is 0 Å². The standard InChI is InChI=1S/C24H21N5O4/c1-17-4-2-3-5-20(17)23(30)27-12-14-28(15-13-27)24-21(16-25)26-22(33-24)11-8-18-6-9-19(10-7-18)29(31)32/h2-11H,12-15H2,1H3/b11-8+. The molecule has 0 unspecified atom stereocenters. The molecule has 0 bridgehead atoms. The second kappa shape index (κ2) is 9.36. The molecular weight excluding hydrogens is 422 g/mol. The van der Waals surface area contributed by atoms with Crippen LogP contribution in [-0.2, 0) is 0 Å². The second-order valence-corrected chi connectivity index (χ2v) is 7.59. The number of carbonyl (C=O) groups excluding carboxylic acids is 1. The Kier molecular flexibility index (Phi) is 6.17. The van der Waals surface area contributed by atoms with Crippen LogP contribution in [0.4, 0.5) is 11.6 Å². The van der Waals surface area contributed by atoms with Gasteiger partial charge in [-0.1, -0.05) is 18.2 Å². The Morgan fingerprint density at radius 3 is 2.45 bits per heavy atom. The van der Waals surface area contributed by atoms with Gasteiger partial charge in [-0.05, 0) is 42.3 Å². The minimum absolute atomic E-state index is 0.00227. The summed E-state index contributed by atoms with van der Waals surface area (Å²) in [4.78, 5) is 31.1. The molecule has 9 nitrogen and oxygen atoms in total. The molecule has 166 valence electrons. The molecule has 0 spiro atoms.